The number of rotatable bonds is 7. The Kier molecular flexibility index (Phi) is 5.62. The van der Waals surface area contributed by atoms with E-state index in [1.54, 1.807) is 0 Å². The van der Waals surface area contributed by atoms with Gasteiger partial charge in [0, 0.05) is 18.6 Å². The van der Waals surface area contributed by atoms with Crippen molar-refractivity contribution in [2.24, 2.45) is 5.92 Å². The van der Waals surface area contributed by atoms with Crippen molar-refractivity contribution in [1.82, 2.24) is 10.2 Å². The van der Waals surface area contributed by atoms with Gasteiger partial charge in [0.1, 0.15) is 0 Å². The molecule has 0 heterocycles. The van der Waals surface area contributed by atoms with E-state index in [1.807, 2.05) is 0 Å². The molecule has 0 aromatic carbocycles. The van der Waals surface area contributed by atoms with Gasteiger partial charge in [-0.2, -0.15) is 0 Å². The smallest absolute Gasteiger partial charge is 0.00816 e. The van der Waals surface area contributed by atoms with E-state index in [0.717, 1.165) is 12.0 Å². The van der Waals surface area contributed by atoms with Crippen molar-refractivity contribution in [2.75, 3.05) is 20.1 Å². The molecule has 15 heavy (non-hydrogen) atoms. The Labute approximate surface area is 95.4 Å². The zero-order chi connectivity index (χ0) is 11.3. The van der Waals surface area contributed by atoms with E-state index in [-0.39, 0.29) is 0 Å². The molecule has 1 rings (SSSR count). The van der Waals surface area contributed by atoms with Crippen LogP contribution in [0, 0.1) is 5.92 Å². The average molecular weight is 212 g/mol. The second-order valence-electron chi connectivity index (χ2n) is 5.16. The van der Waals surface area contributed by atoms with E-state index in [2.05, 4.69) is 38.0 Å². The van der Waals surface area contributed by atoms with E-state index < -0.39 is 0 Å². The molecule has 2 nitrogen and oxygen atoms in total. The summed E-state index contributed by atoms with van der Waals surface area (Å²) in [4.78, 5) is 2.65. The van der Waals surface area contributed by atoms with E-state index >= 15 is 0 Å². The third-order valence-corrected chi connectivity index (χ3v) is 3.93. The lowest BCUT2D eigenvalue weighted by Crippen LogP contribution is -2.41. The van der Waals surface area contributed by atoms with E-state index in [1.165, 1.54) is 38.8 Å². The van der Waals surface area contributed by atoms with Gasteiger partial charge in [-0.05, 0) is 52.6 Å². The third-order valence-electron chi connectivity index (χ3n) is 3.93. The summed E-state index contributed by atoms with van der Waals surface area (Å²) in [5.41, 5.74) is 0. The van der Waals surface area contributed by atoms with E-state index in [4.69, 9.17) is 0 Å². The molecule has 0 aromatic rings. The molecule has 90 valence electrons. The molecule has 1 aliphatic carbocycles. The fourth-order valence-electron chi connectivity index (χ4n) is 2.41. The highest BCUT2D eigenvalue weighted by Crippen LogP contribution is 2.27. The van der Waals surface area contributed by atoms with Gasteiger partial charge in [0.2, 0.25) is 0 Å². The van der Waals surface area contributed by atoms with Gasteiger partial charge in [0.15, 0.2) is 0 Å². The topological polar surface area (TPSA) is 15.3 Å². The quantitative estimate of drug-likeness (QED) is 0.697. The highest BCUT2D eigenvalue weighted by Gasteiger charge is 2.23. The lowest BCUT2D eigenvalue weighted by Gasteiger charge is -2.36. The number of nitrogens with one attached hydrogen (secondary N) is 1. The predicted octanol–water partition coefficient (Wildman–Crippen LogP) is 2.49. The Morgan fingerprint density at radius 1 is 1.33 bits per heavy atom. The second-order valence-corrected chi connectivity index (χ2v) is 5.16. The lowest BCUT2D eigenvalue weighted by molar-refractivity contribution is 0.136. The van der Waals surface area contributed by atoms with E-state index in [0.29, 0.717) is 6.04 Å². The van der Waals surface area contributed by atoms with Crippen LogP contribution in [0.25, 0.3) is 0 Å². The maximum absolute atomic E-state index is 3.33. The molecule has 0 amide bonds. The lowest BCUT2D eigenvalue weighted by atomic mass is 9.84. The molecule has 0 saturated heterocycles. The zero-order valence-electron chi connectivity index (χ0n) is 10.9. The molecule has 1 fully saturated rings. The van der Waals surface area contributed by atoms with Crippen molar-refractivity contribution in [3.05, 3.63) is 0 Å². The average Bonchev–Trinajstić information content (AvgIpc) is 2.16. The molecular weight excluding hydrogens is 184 g/mol. The molecule has 0 bridgehead atoms. The van der Waals surface area contributed by atoms with Gasteiger partial charge in [-0.3, -0.25) is 0 Å². The Morgan fingerprint density at radius 3 is 2.40 bits per heavy atom. The molecule has 1 saturated carbocycles. The number of nitrogens with zero attached hydrogens (tertiary/aromatic N) is 1. The van der Waals surface area contributed by atoms with E-state index in [9.17, 15) is 0 Å². The van der Waals surface area contributed by atoms with Gasteiger partial charge in [-0.25, -0.2) is 0 Å². The first-order chi connectivity index (χ1) is 7.17. The van der Waals surface area contributed by atoms with Crippen LogP contribution >= 0.6 is 0 Å². The summed E-state index contributed by atoms with van der Waals surface area (Å²) in [5, 5.41) is 3.33. The minimum absolute atomic E-state index is 0.635. The van der Waals surface area contributed by atoms with Crippen LogP contribution in [-0.2, 0) is 0 Å². The van der Waals surface area contributed by atoms with Crippen molar-refractivity contribution < 1.29 is 0 Å². The van der Waals surface area contributed by atoms with Gasteiger partial charge in [0.05, 0.1) is 0 Å². The minimum atomic E-state index is 0.635. The maximum atomic E-state index is 3.33. The van der Waals surface area contributed by atoms with Crippen molar-refractivity contribution in [1.29, 1.82) is 0 Å². The first kappa shape index (κ1) is 13.0. The molecule has 1 aliphatic rings. The summed E-state index contributed by atoms with van der Waals surface area (Å²) in [5.74, 6) is 0.997. The van der Waals surface area contributed by atoms with Crippen LogP contribution in [0.4, 0.5) is 0 Å². The third kappa shape index (κ3) is 4.12. The molecule has 2 unspecified atom stereocenters. The highest BCUT2D eigenvalue weighted by molar-refractivity contribution is 4.78. The molecular formula is C13H28N2. The highest BCUT2D eigenvalue weighted by atomic mass is 15.1. The SMILES string of the molecule is CCN(CC1CCC1)C(C)CC(C)NC. The van der Waals surface area contributed by atoms with Crippen LogP contribution in [0.2, 0.25) is 0 Å². The summed E-state index contributed by atoms with van der Waals surface area (Å²) in [6.45, 7) is 9.46. The fourth-order valence-corrected chi connectivity index (χ4v) is 2.41. The summed E-state index contributed by atoms with van der Waals surface area (Å²) >= 11 is 0. The summed E-state index contributed by atoms with van der Waals surface area (Å²) < 4.78 is 0. The molecule has 2 heteroatoms. The summed E-state index contributed by atoms with van der Waals surface area (Å²) in [7, 11) is 2.06. The Balaban J connectivity index is 2.28. The van der Waals surface area contributed by atoms with Crippen LogP contribution in [0.15, 0.2) is 0 Å². The van der Waals surface area contributed by atoms with Crippen molar-refractivity contribution in [3.63, 3.8) is 0 Å². The second kappa shape index (κ2) is 6.49. The van der Waals surface area contributed by atoms with Crippen molar-refractivity contribution in [3.8, 4) is 0 Å². The predicted molar refractivity (Wildman–Crippen MR) is 67.2 cm³/mol. The monoisotopic (exact) mass is 212 g/mol. The zero-order valence-corrected chi connectivity index (χ0v) is 10.9. The summed E-state index contributed by atoms with van der Waals surface area (Å²) in [6, 6.07) is 1.36. The Hall–Kier alpha value is -0.0800. The van der Waals surface area contributed by atoms with Crippen LogP contribution in [0.3, 0.4) is 0 Å². The maximum Gasteiger partial charge on any atom is 0.00816 e. The summed E-state index contributed by atoms with van der Waals surface area (Å²) in [6.07, 6.45) is 5.65. The number of hydrogen-bond acceptors (Lipinski definition) is 2. The molecule has 2 atom stereocenters. The molecule has 0 spiro atoms. The van der Waals surface area contributed by atoms with Crippen molar-refractivity contribution in [2.45, 2.75) is 58.5 Å². The van der Waals surface area contributed by atoms with Gasteiger partial charge in [-0.1, -0.05) is 13.3 Å². The first-order valence-corrected chi connectivity index (χ1v) is 6.58. The standard InChI is InChI=1S/C13H28N2/c1-5-15(10-13-7-6-8-13)12(3)9-11(2)14-4/h11-14H,5-10H2,1-4H3. The Morgan fingerprint density at radius 2 is 2.00 bits per heavy atom. The van der Waals surface area contributed by atoms with Crippen molar-refractivity contribution >= 4 is 0 Å². The fraction of sp³-hybridized carbons (Fsp3) is 1.00. The largest absolute Gasteiger partial charge is 0.317 e. The molecule has 0 aromatic heterocycles. The minimum Gasteiger partial charge on any atom is -0.317 e. The van der Waals surface area contributed by atoms with Gasteiger partial charge < -0.3 is 10.2 Å². The van der Waals surface area contributed by atoms with Gasteiger partial charge >= 0.3 is 0 Å². The molecule has 0 aliphatic heterocycles. The Bertz CT molecular complexity index is 166. The molecule has 0 radical (unpaired) electrons. The van der Waals surface area contributed by atoms with Crippen LogP contribution in [0.5, 0.6) is 0 Å². The van der Waals surface area contributed by atoms with Crippen LogP contribution in [-0.4, -0.2) is 37.1 Å². The molecule has 1 N–H and O–H groups in total. The number of hydrogen-bond donors (Lipinski definition) is 1. The van der Waals surface area contributed by atoms with Gasteiger partial charge in [-0.15, -0.1) is 0 Å². The normalized spacial score (nSPS) is 21.4. The van der Waals surface area contributed by atoms with Gasteiger partial charge in [0.25, 0.3) is 0 Å². The van der Waals surface area contributed by atoms with Crippen LogP contribution < -0.4 is 5.32 Å². The first-order valence-electron chi connectivity index (χ1n) is 6.58. The van der Waals surface area contributed by atoms with Crippen LogP contribution in [0.1, 0.15) is 46.5 Å².